The summed E-state index contributed by atoms with van der Waals surface area (Å²) in [5.41, 5.74) is 6.33. The van der Waals surface area contributed by atoms with Crippen LogP contribution in [-0.4, -0.2) is 35.2 Å². The number of benzene rings is 1. The summed E-state index contributed by atoms with van der Waals surface area (Å²) in [5, 5.41) is 10.5. The van der Waals surface area contributed by atoms with E-state index in [9.17, 15) is 5.11 Å². The van der Waals surface area contributed by atoms with E-state index in [-0.39, 0.29) is 0 Å². The molecule has 0 saturated carbocycles. The van der Waals surface area contributed by atoms with E-state index in [1.54, 1.807) is 0 Å². The van der Waals surface area contributed by atoms with Gasteiger partial charge in [0.25, 0.3) is 0 Å². The predicted octanol–water partition coefficient (Wildman–Crippen LogP) is 1.61. The highest BCUT2D eigenvalue weighted by Crippen LogP contribution is 2.25. The molecule has 0 spiro atoms. The molecule has 1 aliphatic rings. The lowest BCUT2D eigenvalue weighted by Crippen LogP contribution is -2.47. The van der Waals surface area contributed by atoms with Crippen LogP contribution in [0.15, 0.2) is 30.3 Å². The first kappa shape index (κ1) is 13.5. The maximum absolute atomic E-state index is 10.5. The van der Waals surface area contributed by atoms with Gasteiger partial charge in [-0.1, -0.05) is 37.3 Å². The van der Waals surface area contributed by atoms with E-state index in [2.05, 4.69) is 36.1 Å². The van der Waals surface area contributed by atoms with Crippen molar-refractivity contribution in [2.24, 2.45) is 11.7 Å². The van der Waals surface area contributed by atoms with Gasteiger partial charge in [0, 0.05) is 19.6 Å². The first-order valence-electron chi connectivity index (χ1n) is 6.80. The van der Waals surface area contributed by atoms with Gasteiger partial charge in [0.1, 0.15) is 0 Å². The number of hydrogen-bond donors (Lipinski definition) is 2. The fourth-order valence-corrected chi connectivity index (χ4v) is 2.84. The van der Waals surface area contributed by atoms with E-state index in [1.807, 2.05) is 6.07 Å². The average molecular weight is 248 g/mol. The van der Waals surface area contributed by atoms with E-state index in [4.69, 9.17) is 5.73 Å². The minimum Gasteiger partial charge on any atom is -0.387 e. The van der Waals surface area contributed by atoms with E-state index in [0.717, 1.165) is 25.9 Å². The van der Waals surface area contributed by atoms with Crippen LogP contribution in [0, 0.1) is 5.92 Å². The van der Waals surface area contributed by atoms with E-state index >= 15 is 0 Å². The number of hydrogen-bond acceptors (Lipinski definition) is 3. The van der Waals surface area contributed by atoms with E-state index in [1.165, 1.54) is 5.56 Å². The van der Waals surface area contributed by atoms with Crippen molar-refractivity contribution in [1.82, 2.24) is 4.90 Å². The lowest BCUT2D eigenvalue weighted by atomic mass is 9.91. The van der Waals surface area contributed by atoms with Crippen molar-refractivity contribution in [3.05, 3.63) is 35.9 Å². The Morgan fingerprint density at radius 2 is 2.11 bits per heavy atom. The SMILES string of the molecule is CC1CCN(Cc2ccccc2)CC(O)(CN)C1. The smallest absolute Gasteiger partial charge is 0.0898 e. The molecule has 1 fully saturated rings. The van der Waals surface area contributed by atoms with Crippen LogP contribution in [0.1, 0.15) is 25.3 Å². The lowest BCUT2D eigenvalue weighted by Gasteiger charge is -2.31. The molecule has 2 unspecified atom stereocenters. The molecule has 0 aromatic heterocycles. The van der Waals surface area contributed by atoms with Crippen molar-refractivity contribution in [1.29, 1.82) is 0 Å². The number of nitrogens with zero attached hydrogens (tertiary/aromatic N) is 1. The number of nitrogens with two attached hydrogens (primary N) is 1. The van der Waals surface area contributed by atoms with Gasteiger partial charge >= 0.3 is 0 Å². The average Bonchev–Trinajstić information content (AvgIpc) is 2.50. The molecule has 1 aromatic carbocycles. The van der Waals surface area contributed by atoms with Gasteiger partial charge in [0.15, 0.2) is 0 Å². The van der Waals surface area contributed by atoms with Crippen molar-refractivity contribution in [2.75, 3.05) is 19.6 Å². The van der Waals surface area contributed by atoms with Gasteiger partial charge in [-0.05, 0) is 30.9 Å². The first-order chi connectivity index (χ1) is 8.61. The molecule has 18 heavy (non-hydrogen) atoms. The molecule has 0 radical (unpaired) electrons. The second-order valence-electron chi connectivity index (χ2n) is 5.72. The quantitative estimate of drug-likeness (QED) is 0.854. The molecular formula is C15H24N2O. The monoisotopic (exact) mass is 248 g/mol. The van der Waals surface area contributed by atoms with Crippen molar-refractivity contribution >= 4 is 0 Å². The van der Waals surface area contributed by atoms with Gasteiger partial charge in [-0.2, -0.15) is 0 Å². The molecule has 3 heteroatoms. The Morgan fingerprint density at radius 3 is 2.78 bits per heavy atom. The Labute approximate surface area is 110 Å². The first-order valence-corrected chi connectivity index (χ1v) is 6.80. The summed E-state index contributed by atoms with van der Waals surface area (Å²) in [4.78, 5) is 2.33. The van der Waals surface area contributed by atoms with Crippen molar-refractivity contribution in [3.63, 3.8) is 0 Å². The van der Waals surface area contributed by atoms with Crippen LogP contribution < -0.4 is 5.73 Å². The fourth-order valence-electron chi connectivity index (χ4n) is 2.84. The second kappa shape index (κ2) is 5.83. The van der Waals surface area contributed by atoms with E-state index < -0.39 is 5.60 Å². The number of likely N-dealkylation sites (tertiary alicyclic amines) is 1. The van der Waals surface area contributed by atoms with Gasteiger partial charge < -0.3 is 10.8 Å². The van der Waals surface area contributed by atoms with Crippen molar-refractivity contribution < 1.29 is 5.11 Å². The van der Waals surface area contributed by atoms with Crippen LogP contribution in [-0.2, 0) is 6.54 Å². The highest BCUT2D eigenvalue weighted by atomic mass is 16.3. The third kappa shape index (κ3) is 3.55. The van der Waals surface area contributed by atoms with Crippen molar-refractivity contribution in [2.45, 2.75) is 31.9 Å². The maximum atomic E-state index is 10.5. The zero-order valence-corrected chi connectivity index (χ0v) is 11.2. The third-order valence-corrected chi connectivity index (χ3v) is 3.81. The minimum atomic E-state index is -0.718. The predicted molar refractivity (Wildman–Crippen MR) is 74.1 cm³/mol. The van der Waals surface area contributed by atoms with Crippen LogP contribution in [0.3, 0.4) is 0 Å². The van der Waals surface area contributed by atoms with Crippen molar-refractivity contribution in [3.8, 4) is 0 Å². The van der Waals surface area contributed by atoms with Gasteiger partial charge in [-0.15, -0.1) is 0 Å². The summed E-state index contributed by atoms with van der Waals surface area (Å²) >= 11 is 0. The summed E-state index contributed by atoms with van der Waals surface area (Å²) in [5.74, 6) is 0.541. The molecule has 1 saturated heterocycles. The van der Waals surface area contributed by atoms with Gasteiger partial charge in [-0.3, -0.25) is 4.90 Å². The summed E-state index contributed by atoms with van der Waals surface area (Å²) < 4.78 is 0. The molecule has 0 amide bonds. The summed E-state index contributed by atoms with van der Waals surface area (Å²) in [6.07, 6.45) is 1.95. The highest BCUT2D eigenvalue weighted by molar-refractivity contribution is 5.14. The Kier molecular flexibility index (Phi) is 4.38. The van der Waals surface area contributed by atoms with Crippen LogP contribution in [0.2, 0.25) is 0 Å². The highest BCUT2D eigenvalue weighted by Gasteiger charge is 2.32. The molecule has 100 valence electrons. The van der Waals surface area contributed by atoms with Gasteiger partial charge in [-0.25, -0.2) is 0 Å². The van der Waals surface area contributed by atoms with Gasteiger partial charge in [0.2, 0.25) is 0 Å². The molecular weight excluding hydrogens is 224 g/mol. The lowest BCUT2D eigenvalue weighted by molar-refractivity contribution is 0.00653. The molecule has 3 N–H and O–H groups in total. The Morgan fingerprint density at radius 1 is 1.39 bits per heavy atom. The molecule has 0 bridgehead atoms. The Hall–Kier alpha value is -0.900. The molecule has 2 atom stereocenters. The van der Waals surface area contributed by atoms with Crippen LogP contribution in [0.4, 0.5) is 0 Å². The zero-order chi connectivity index (χ0) is 13.0. The fraction of sp³-hybridized carbons (Fsp3) is 0.600. The third-order valence-electron chi connectivity index (χ3n) is 3.81. The van der Waals surface area contributed by atoms with Crippen LogP contribution >= 0.6 is 0 Å². The molecule has 1 aliphatic heterocycles. The normalized spacial score (nSPS) is 30.1. The summed E-state index contributed by atoms with van der Waals surface area (Å²) in [6.45, 7) is 5.17. The minimum absolute atomic E-state index is 0.350. The summed E-state index contributed by atoms with van der Waals surface area (Å²) in [7, 11) is 0. The zero-order valence-electron chi connectivity index (χ0n) is 11.2. The topological polar surface area (TPSA) is 49.5 Å². The number of aliphatic hydroxyl groups is 1. The van der Waals surface area contributed by atoms with Crippen LogP contribution in [0.5, 0.6) is 0 Å². The van der Waals surface area contributed by atoms with E-state index in [0.29, 0.717) is 19.0 Å². The Balaban J connectivity index is 2.04. The maximum Gasteiger partial charge on any atom is 0.0898 e. The standard InChI is InChI=1S/C15H24N2O/c1-13-7-8-17(12-15(18,9-13)11-16)10-14-5-3-2-4-6-14/h2-6,13,18H,7-12,16H2,1H3. The molecule has 0 aliphatic carbocycles. The summed E-state index contributed by atoms with van der Waals surface area (Å²) in [6, 6.07) is 10.4. The molecule has 2 rings (SSSR count). The Bertz CT molecular complexity index is 368. The molecule has 3 nitrogen and oxygen atoms in total. The number of rotatable bonds is 3. The number of β-amino-alcohol motifs (C(OH)–C–C–N with tert-alkyl or cyclic N) is 1. The molecule has 1 aromatic rings. The van der Waals surface area contributed by atoms with Gasteiger partial charge in [0.05, 0.1) is 5.60 Å². The van der Waals surface area contributed by atoms with Crippen LogP contribution in [0.25, 0.3) is 0 Å². The second-order valence-corrected chi connectivity index (χ2v) is 5.72. The molecule has 1 heterocycles. The largest absolute Gasteiger partial charge is 0.387 e.